The maximum absolute atomic E-state index is 12.7. The van der Waals surface area contributed by atoms with Crippen LogP contribution in [0.25, 0.3) is 0 Å². The van der Waals surface area contributed by atoms with Gasteiger partial charge >= 0.3 is 0 Å². The molecule has 2 aromatic rings. The number of rotatable bonds is 2. The van der Waals surface area contributed by atoms with E-state index in [2.05, 4.69) is 15.1 Å². The Morgan fingerprint density at radius 2 is 2.14 bits per heavy atom. The van der Waals surface area contributed by atoms with Crippen LogP contribution >= 0.6 is 0 Å². The van der Waals surface area contributed by atoms with Crippen LogP contribution in [0.5, 0.6) is 0 Å². The Balaban J connectivity index is 2.16. The largest absolute Gasteiger partial charge is 0.411 e. The van der Waals surface area contributed by atoms with Crippen LogP contribution in [-0.4, -0.2) is 35.8 Å². The topological polar surface area (TPSA) is 98.7 Å². The molecule has 0 saturated carbocycles. The number of nitrogens with one attached hydrogen (secondary N) is 1. The van der Waals surface area contributed by atoms with Crippen molar-refractivity contribution in [1.82, 2.24) is 9.97 Å². The van der Waals surface area contributed by atoms with Gasteiger partial charge in [-0.3, -0.25) is 4.31 Å². The number of sulfonamides is 1. The Labute approximate surface area is 122 Å². The van der Waals surface area contributed by atoms with Gasteiger partial charge < -0.3 is 10.2 Å². The van der Waals surface area contributed by atoms with E-state index in [4.69, 9.17) is 5.21 Å². The van der Waals surface area contributed by atoms with Crippen LogP contribution in [0.1, 0.15) is 18.4 Å². The standard InChI is InChI=1S/C13H14N4O3S/c18-16-11-5-3-7-17(12-6-2-1-4-10(11)12)21(19,20)13-8-14-9-15-13/h1-2,4,6,8-9,18H,3,5,7H2,(H,14,15)/b16-11-. The number of hydrogen-bond donors (Lipinski definition) is 2. The van der Waals surface area contributed by atoms with Crippen molar-refractivity contribution in [2.45, 2.75) is 17.9 Å². The van der Waals surface area contributed by atoms with E-state index in [1.807, 2.05) is 0 Å². The third kappa shape index (κ3) is 2.27. The second-order valence-corrected chi connectivity index (χ2v) is 6.49. The lowest BCUT2D eigenvalue weighted by Gasteiger charge is -2.23. The summed E-state index contributed by atoms with van der Waals surface area (Å²) in [5, 5.41) is 12.5. The van der Waals surface area contributed by atoms with E-state index in [1.54, 1.807) is 24.3 Å². The van der Waals surface area contributed by atoms with E-state index in [9.17, 15) is 8.42 Å². The molecular formula is C13H14N4O3S. The van der Waals surface area contributed by atoms with E-state index < -0.39 is 10.0 Å². The first-order chi connectivity index (χ1) is 10.1. The molecule has 1 aliphatic heterocycles. The summed E-state index contributed by atoms with van der Waals surface area (Å²) in [4.78, 5) is 6.40. The highest BCUT2D eigenvalue weighted by Gasteiger charge is 2.30. The molecule has 0 bridgehead atoms. The van der Waals surface area contributed by atoms with Crippen LogP contribution in [0, 0.1) is 0 Å². The first-order valence-electron chi connectivity index (χ1n) is 6.46. The molecule has 1 aromatic heterocycles. The Kier molecular flexibility index (Phi) is 3.38. The van der Waals surface area contributed by atoms with Gasteiger partial charge in [0.25, 0.3) is 10.0 Å². The molecule has 8 heteroatoms. The van der Waals surface area contributed by atoms with Crippen molar-refractivity contribution in [3.8, 4) is 0 Å². The van der Waals surface area contributed by atoms with Crippen molar-refractivity contribution < 1.29 is 13.6 Å². The van der Waals surface area contributed by atoms with Gasteiger partial charge in [-0.1, -0.05) is 23.4 Å². The van der Waals surface area contributed by atoms with Gasteiger partial charge in [0.15, 0.2) is 5.03 Å². The lowest BCUT2D eigenvalue weighted by Crippen LogP contribution is -2.32. The number of imidazole rings is 1. The fourth-order valence-corrected chi connectivity index (χ4v) is 3.86. The van der Waals surface area contributed by atoms with Gasteiger partial charge in [0.05, 0.1) is 23.9 Å². The van der Waals surface area contributed by atoms with E-state index in [-0.39, 0.29) is 5.03 Å². The van der Waals surface area contributed by atoms with Gasteiger partial charge in [-0.05, 0) is 18.9 Å². The summed E-state index contributed by atoms with van der Waals surface area (Å²) < 4.78 is 26.7. The Morgan fingerprint density at radius 3 is 2.86 bits per heavy atom. The molecule has 7 nitrogen and oxygen atoms in total. The molecule has 0 radical (unpaired) electrons. The molecule has 1 aliphatic rings. The minimum Gasteiger partial charge on any atom is -0.411 e. The van der Waals surface area contributed by atoms with Crippen molar-refractivity contribution in [1.29, 1.82) is 0 Å². The van der Waals surface area contributed by atoms with Crippen LogP contribution in [0.2, 0.25) is 0 Å². The molecule has 0 aliphatic carbocycles. The van der Waals surface area contributed by atoms with Crippen molar-refractivity contribution in [3.63, 3.8) is 0 Å². The van der Waals surface area contributed by atoms with Gasteiger partial charge in [-0.15, -0.1) is 0 Å². The summed E-state index contributed by atoms with van der Waals surface area (Å²) in [6.45, 7) is 0.317. The number of aromatic amines is 1. The molecule has 1 aromatic carbocycles. The number of hydrogen-bond acceptors (Lipinski definition) is 5. The van der Waals surface area contributed by atoms with Crippen molar-refractivity contribution in [2.75, 3.05) is 10.8 Å². The molecule has 0 unspecified atom stereocenters. The average Bonchev–Trinajstić information content (AvgIpc) is 2.96. The minimum atomic E-state index is -3.71. The smallest absolute Gasteiger partial charge is 0.281 e. The van der Waals surface area contributed by atoms with Crippen LogP contribution in [-0.2, 0) is 10.0 Å². The van der Waals surface area contributed by atoms with Crippen molar-refractivity contribution in [3.05, 3.63) is 42.4 Å². The van der Waals surface area contributed by atoms with Gasteiger partial charge in [-0.2, -0.15) is 8.42 Å². The lowest BCUT2D eigenvalue weighted by molar-refractivity contribution is 0.318. The zero-order valence-electron chi connectivity index (χ0n) is 11.1. The third-order valence-electron chi connectivity index (χ3n) is 3.42. The predicted octanol–water partition coefficient (Wildman–Crippen LogP) is 1.58. The monoisotopic (exact) mass is 306 g/mol. The molecule has 2 N–H and O–H groups in total. The number of aromatic nitrogens is 2. The fraction of sp³-hybridized carbons (Fsp3) is 0.231. The molecule has 0 fully saturated rings. The molecule has 21 heavy (non-hydrogen) atoms. The van der Waals surface area contributed by atoms with Crippen LogP contribution in [0.3, 0.4) is 0 Å². The number of para-hydroxylation sites is 1. The van der Waals surface area contributed by atoms with Gasteiger partial charge in [0, 0.05) is 12.1 Å². The van der Waals surface area contributed by atoms with Crippen LogP contribution < -0.4 is 4.31 Å². The summed E-state index contributed by atoms with van der Waals surface area (Å²) in [6, 6.07) is 7.01. The molecule has 0 amide bonds. The summed E-state index contributed by atoms with van der Waals surface area (Å²) in [6.07, 6.45) is 3.70. The predicted molar refractivity (Wildman–Crippen MR) is 77.1 cm³/mol. The highest BCUT2D eigenvalue weighted by molar-refractivity contribution is 7.92. The van der Waals surface area contributed by atoms with Gasteiger partial charge in [0.2, 0.25) is 0 Å². The van der Waals surface area contributed by atoms with E-state index in [0.29, 0.717) is 36.3 Å². The second kappa shape index (κ2) is 5.21. The first kappa shape index (κ1) is 13.6. The number of nitrogens with zero attached hydrogens (tertiary/aromatic N) is 3. The molecule has 0 saturated heterocycles. The molecular weight excluding hydrogens is 292 g/mol. The lowest BCUT2D eigenvalue weighted by atomic mass is 10.1. The molecule has 0 atom stereocenters. The molecule has 2 heterocycles. The zero-order chi connectivity index (χ0) is 14.9. The van der Waals surface area contributed by atoms with Crippen LogP contribution in [0.15, 0.2) is 47.0 Å². The first-order valence-corrected chi connectivity index (χ1v) is 7.90. The number of H-pyrrole nitrogens is 1. The van der Waals surface area contributed by atoms with E-state index >= 15 is 0 Å². The van der Waals surface area contributed by atoms with Gasteiger partial charge in [-0.25, -0.2) is 4.98 Å². The van der Waals surface area contributed by atoms with Gasteiger partial charge in [0.1, 0.15) is 0 Å². The zero-order valence-corrected chi connectivity index (χ0v) is 11.9. The van der Waals surface area contributed by atoms with Crippen molar-refractivity contribution >= 4 is 21.4 Å². The fourth-order valence-electron chi connectivity index (χ4n) is 2.44. The highest BCUT2D eigenvalue weighted by atomic mass is 32.2. The average molecular weight is 306 g/mol. The Bertz CT molecular complexity index is 768. The van der Waals surface area contributed by atoms with Crippen LogP contribution in [0.4, 0.5) is 5.69 Å². The molecule has 110 valence electrons. The number of oxime groups is 1. The summed E-state index contributed by atoms with van der Waals surface area (Å²) in [5.41, 5.74) is 1.63. The minimum absolute atomic E-state index is 0.0432. The third-order valence-corrected chi connectivity index (χ3v) is 5.16. The normalized spacial score (nSPS) is 17.5. The maximum atomic E-state index is 12.7. The van der Waals surface area contributed by atoms with Crippen molar-refractivity contribution in [2.24, 2.45) is 5.16 Å². The van der Waals surface area contributed by atoms with E-state index in [1.165, 1.54) is 16.8 Å². The summed E-state index contributed by atoms with van der Waals surface area (Å²) in [7, 11) is -3.71. The Hall–Kier alpha value is -2.35. The number of benzene rings is 1. The maximum Gasteiger partial charge on any atom is 0.281 e. The quantitative estimate of drug-likeness (QED) is 0.650. The Morgan fingerprint density at radius 1 is 1.33 bits per heavy atom. The SMILES string of the molecule is O=S(=O)(c1cnc[nH]1)N1CCC/C(=N/O)c2ccccc21. The highest BCUT2D eigenvalue weighted by Crippen LogP contribution is 2.30. The van der Waals surface area contributed by atoms with E-state index in [0.717, 1.165) is 0 Å². The molecule has 0 spiro atoms. The second-order valence-electron chi connectivity index (χ2n) is 4.66. The molecule has 3 rings (SSSR count). The number of fused-ring (bicyclic) bond motifs is 1. The summed E-state index contributed by atoms with van der Waals surface area (Å²) >= 11 is 0. The number of anilines is 1. The summed E-state index contributed by atoms with van der Waals surface area (Å²) in [5.74, 6) is 0.